The maximum atomic E-state index is 13.8. The van der Waals surface area contributed by atoms with Crippen LogP contribution in [0.1, 0.15) is 10.4 Å². The second-order valence-corrected chi connectivity index (χ2v) is 3.85. The summed E-state index contributed by atoms with van der Waals surface area (Å²) in [6.45, 7) is 2.24. The zero-order valence-electron chi connectivity index (χ0n) is 9.28. The maximum absolute atomic E-state index is 13.8. The number of nitrogen functional groups attached to an aromatic ring is 1. The van der Waals surface area contributed by atoms with Gasteiger partial charge in [0.05, 0.1) is 24.5 Å². The van der Waals surface area contributed by atoms with Crippen LogP contribution in [-0.2, 0) is 4.74 Å². The van der Waals surface area contributed by atoms with E-state index in [1.165, 1.54) is 6.07 Å². The summed E-state index contributed by atoms with van der Waals surface area (Å²) in [4.78, 5) is 13.0. The minimum Gasteiger partial charge on any atom is -0.398 e. The van der Waals surface area contributed by atoms with Crippen LogP contribution in [0.4, 0.5) is 15.8 Å². The van der Waals surface area contributed by atoms with Gasteiger partial charge in [-0.2, -0.15) is 0 Å². The predicted molar refractivity (Wildman–Crippen MR) is 62.4 cm³/mol. The van der Waals surface area contributed by atoms with E-state index in [9.17, 15) is 9.18 Å². The Bertz CT molecular complexity index is 445. The van der Waals surface area contributed by atoms with E-state index in [-0.39, 0.29) is 11.3 Å². The third kappa shape index (κ3) is 2.31. The average molecular weight is 239 g/mol. The van der Waals surface area contributed by atoms with Gasteiger partial charge in [0.25, 0.3) is 5.91 Å². The fourth-order valence-corrected chi connectivity index (χ4v) is 1.84. The number of hydrogen-bond acceptors (Lipinski definition) is 4. The molecule has 1 saturated heterocycles. The lowest BCUT2D eigenvalue weighted by Gasteiger charge is -2.29. The van der Waals surface area contributed by atoms with Crippen LogP contribution in [0.15, 0.2) is 12.1 Å². The van der Waals surface area contributed by atoms with Gasteiger partial charge >= 0.3 is 0 Å². The van der Waals surface area contributed by atoms with Gasteiger partial charge in [-0.05, 0) is 12.1 Å². The van der Waals surface area contributed by atoms with E-state index < -0.39 is 11.7 Å². The number of nitrogens with zero attached hydrogens (tertiary/aromatic N) is 1. The number of rotatable bonds is 2. The normalized spacial score (nSPS) is 15.9. The predicted octanol–water partition coefficient (Wildman–Crippen LogP) is 0.343. The Kier molecular flexibility index (Phi) is 3.14. The molecule has 0 atom stereocenters. The number of ether oxygens (including phenoxy) is 1. The number of amides is 1. The molecule has 0 bridgehead atoms. The Morgan fingerprint density at radius 3 is 2.59 bits per heavy atom. The number of halogens is 1. The van der Waals surface area contributed by atoms with Gasteiger partial charge in [-0.3, -0.25) is 4.79 Å². The molecule has 0 aliphatic carbocycles. The third-order valence-corrected chi connectivity index (χ3v) is 2.74. The van der Waals surface area contributed by atoms with E-state index in [4.69, 9.17) is 16.2 Å². The molecule has 5 nitrogen and oxygen atoms in total. The van der Waals surface area contributed by atoms with Gasteiger partial charge in [0.1, 0.15) is 5.82 Å². The molecule has 0 aromatic heterocycles. The van der Waals surface area contributed by atoms with Crippen molar-refractivity contribution in [2.45, 2.75) is 0 Å². The quantitative estimate of drug-likeness (QED) is 0.729. The maximum Gasteiger partial charge on any atom is 0.250 e. The van der Waals surface area contributed by atoms with Crippen molar-refractivity contribution in [3.8, 4) is 0 Å². The molecule has 0 saturated carbocycles. The van der Waals surface area contributed by atoms with Crippen molar-refractivity contribution in [2.24, 2.45) is 5.73 Å². The highest BCUT2D eigenvalue weighted by atomic mass is 19.1. The van der Waals surface area contributed by atoms with Gasteiger partial charge in [-0.1, -0.05) is 0 Å². The van der Waals surface area contributed by atoms with Gasteiger partial charge < -0.3 is 21.1 Å². The number of morpholine rings is 1. The van der Waals surface area contributed by atoms with E-state index in [0.717, 1.165) is 6.07 Å². The number of carbonyl (C=O) groups excluding carboxylic acids is 1. The molecular formula is C11H14FN3O2. The number of carbonyl (C=O) groups is 1. The SMILES string of the molecule is NC(=O)c1cc(N2CCOCC2)c(F)cc1N. The molecule has 92 valence electrons. The lowest BCUT2D eigenvalue weighted by atomic mass is 10.1. The van der Waals surface area contributed by atoms with Gasteiger partial charge in [0, 0.05) is 18.8 Å². The third-order valence-electron chi connectivity index (χ3n) is 2.74. The summed E-state index contributed by atoms with van der Waals surface area (Å²) < 4.78 is 18.9. The van der Waals surface area contributed by atoms with E-state index >= 15 is 0 Å². The second-order valence-electron chi connectivity index (χ2n) is 3.85. The summed E-state index contributed by atoms with van der Waals surface area (Å²) in [7, 11) is 0. The van der Waals surface area contributed by atoms with Crippen LogP contribution in [0.25, 0.3) is 0 Å². The molecule has 1 aliphatic heterocycles. The highest BCUT2D eigenvalue weighted by Crippen LogP contribution is 2.25. The fraction of sp³-hybridized carbons (Fsp3) is 0.364. The van der Waals surface area contributed by atoms with Crippen molar-refractivity contribution in [2.75, 3.05) is 36.9 Å². The summed E-state index contributed by atoms with van der Waals surface area (Å²) in [6, 6.07) is 2.53. The Labute approximate surface area is 98.1 Å². The van der Waals surface area contributed by atoms with E-state index in [2.05, 4.69) is 0 Å². The molecule has 1 aromatic carbocycles. The van der Waals surface area contributed by atoms with Gasteiger partial charge in [0.15, 0.2) is 0 Å². The molecule has 1 heterocycles. The Morgan fingerprint density at radius 2 is 2.00 bits per heavy atom. The molecule has 1 aromatic rings. The van der Waals surface area contributed by atoms with Crippen LogP contribution < -0.4 is 16.4 Å². The molecule has 1 fully saturated rings. The number of primary amides is 1. The first kappa shape index (κ1) is 11.7. The molecule has 17 heavy (non-hydrogen) atoms. The van der Waals surface area contributed by atoms with Crippen molar-refractivity contribution in [3.63, 3.8) is 0 Å². The fourth-order valence-electron chi connectivity index (χ4n) is 1.84. The number of hydrogen-bond donors (Lipinski definition) is 2. The molecule has 6 heteroatoms. The Hall–Kier alpha value is -1.82. The average Bonchev–Trinajstić information content (AvgIpc) is 2.29. The van der Waals surface area contributed by atoms with Crippen LogP contribution >= 0.6 is 0 Å². The smallest absolute Gasteiger partial charge is 0.250 e. The van der Waals surface area contributed by atoms with Gasteiger partial charge in [-0.25, -0.2) is 4.39 Å². The molecule has 0 radical (unpaired) electrons. The summed E-state index contributed by atoms with van der Waals surface area (Å²) >= 11 is 0. The van der Waals surface area contributed by atoms with E-state index in [1.807, 2.05) is 4.90 Å². The Balaban J connectivity index is 2.38. The zero-order chi connectivity index (χ0) is 12.4. The molecule has 4 N–H and O–H groups in total. The summed E-state index contributed by atoms with van der Waals surface area (Å²) in [5, 5.41) is 0. The summed E-state index contributed by atoms with van der Waals surface area (Å²) in [5.41, 5.74) is 11.3. The van der Waals surface area contributed by atoms with Crippen molar-refractivity contribution in [1.82, 2.24) is 0 Å². The van der Waals surface area contributed by atoms with Crippen molar-refractivity contribution < 1.29 is 13.9 Å². The van der Waals surface area contributed by atoms with Gasteiger partial charge in [0.2, 0.25) is 0 Å². The van der Waals surface area contributed by atoms with Crippen LogP contribution in [-0.4, -0.2) is 32.2 Å². The van der Waals surface area contributed by atoms with Crippen LogP contribution in [0, 0.1) is 5.82 Å². The highest BCUT2D eigenvalue weighted by molar-refractivity contribution is 5.99. The first-order valence-electron chi connectivity index (χ1n) is 5.31. The Morgan fingerprint density at radius 1 is 1.35 bits per heavy atom. The molecule has 2 rings (SSSR count). The topological polar surface area (TPSA) is 81.6 Å². The lowest BCUT2D eigenvalue weighted by Crippen LogP contribution is -2.37. The molecule has 1 amide bonds. The van der Waals surface area contributed by atoms with Crippen molar-refractivity contribution >= 4 is 17.3 Å². The van der Waals surface area contributed by atoms with Crippen molar-refractivity contribution in [3.05, 3.63) is 23.5 Å². The first-order valence-corrected chi connectivity index (χ1v) is 5.31. The van der Waals surface area contributed by atoms with Gasteiger partial charge in [-0.15, -0.1) is 0 Å². The summed E-state index contributed by atoms with van der Waals surface area (Å²) in [5.74, 6) is -1.11. The lowest BCUT2D eigenvalue weighted by molar-refractivity contribution is 0.100. The molecule has 0 unspecified atom stereocenters. The molecular weight excluding hydrogens is 225 g/mol. The first-order chi connectivity index (χ1) is 8.09. The largest absolute Gasteiger partial charge is 0.398 e. The van der Waals surface area contributed by atoms with Crippen LogP contribution in [0.3, 0.4) is 0 Å². The highest BCUT2D eigenvalue weighted by Gasteiger charge is 2.18. The van der Waals surface area contributed by atoms with Crippen LogP contribution in [0.5, 0.6) is 0 Å². The minimum absolute atomic E-state index is 0.0620. The molecule has 1 aliphatic rings. The molecule has 0 spiro atoms. The number of anilines is 2. The zero-order valence-corrected chi connectivity index (χ0v) is 9.28. The number of benzene rings is 1. The number of nitrogens with two attached hydrogens (primary N) is 2. The second kappa shape index (κ2) is 4.58. The van der Waals surface area contributed by atoms with Crippen molar-refractivity contribution in [1.29, 1.82) is 0 Å². The summed E-state index contributed by atoms with van der Waals surface area (Å²) in [6.07, 6.45) is 0. The van der Waals surface area contributed by atoms with E-state index in [0.29, 0.717) is 32.0 Å². The standard InChI is InChI=1S/C11H14FN3O2/c12-8-6-9(13)7(11(14)16)5-10(8)15-1-3-17-4-2-15/h5-6H,1-4,13H2,(H2,14,16). The van der Waals surface area contributed by atoms with Crippen LogP contribution in [0.2, 0.25) is 0 Å². The minimum atomic E-state index is -0.656. The monoisotopic (exact) mass is 239 g/mol. The van der Waals surface area contributed by atoms with E-state index in [1.54, 1.807) is 0 Å².